The lowest BCUT2D eigenvalue weighted by atomic mass is 9.90. The molecular formula is C18H18Cl2N2O2S. The third-order valence-corrected chi connectivity index (χ3v) is 5.81. The fourth-order valence-electron chi connectivity index (χ4n) is 2.79. The smallest absolute Gasteiger partial charge is 0.146 e. The highest BCUT2D eigenvalue weighted by atomic mass is 35.5. The monoisotopic (exact) mass is 396 g/mol. The minimum atomic E-state index is -1.28. The lowest BCUT2D eigenvalue weighted by molar-refractivity contribution is 0.0663. The fraction of sp³-hybridized carbons (Fsp3) is 0.333. The van der Waals surface area contributed by atoms with E-state index in [-0.39, 0.29) is 0 Å². The largest absolute Gasteiger partial charge is 0.493 e. The van der Waals surface area contributed by atoms with Crippen LogP contribution in [0.3, 0.4) is 0 Å². The van der Waals surface area contributed by atoms with E-state index in [0.29, 0.717) is 44.9 Å². The number of thiazole rings is 1. The maximum absolute atomic E-state index is 11.6. The summed E-state index contributed by atoms with van der Waals surface area (Å²) < 4.78 is 6.57. The Labute approximate surface area is 160 Å². The van der Waals surface area contributed by atoms with Gasteiger partial charge in [-0.2, -0.15) is 0 Å². The molecule has 7 heteroatoms. The quantitative estimate of drug-likeness (QED) is 0.602. The van der Waals surface area contributed by atoms with Gasteiger partial charge in [0.15, 0.2) is 0 Å². The summed E-state index contributed by atoms with van der Waals surface area (Å²) in [5.41, 5.74) is 0.0524. The van der Waals surface area contributed by atoms with Crippen molar-refractivity contribution in [3.05, 3.63) is 51.2 Å². The molecule has 2 aromatic heterocycles. The number of hydrogen-bond donors (Lipinski definition) is 1. The highest BCUT2D eigenvalue weighted by Gasteiger charge is 2.37. The summed E-state index contributed by atoms with van der Waals surface area (Å²) in [5, 5.41) is 13.1. The molecule has 2 heterocycles. The first-order chi connectivity index (χ1) is 12.0. The lowest BCUT2D eigenvalue weighted by Gasteiger charge is -2.27. The number of fused-ring (bicyclic) bond motifs is 1. The molecule has 0 aliphatic carbocycles. The van der Waals surface area contributed by atoms with E-state index in [2.05, 4.69) is 9.97 Å². The summed E-state index contributed by atoms with van der Waals surface area (Å²) in [5.74, 6) is 0.615. The van der Waals surface area contributed by atoms with Crippen LogP contribution >= 0.6 is 34.5 Å². The molecule has 0 bridgehead atoms. The summed E-state index contributed by atoms with van der Waals surface area (Å²) in [6, 6.07) is 5.26. The van der Waals surface area contributed by atoms with Crippen molar-refractivity contribution in [2.24, 2.45) is 0 Å². The van der Waals surface area contributed by atoms with Crippen LogP contribution in [0.15, 0.2) is 30.6 Å². The Morgan fingerprint density at radius 2 is 2.00 bits per heavy atom. The Kier molecular flexibility index (Phi) is 5.49. The van der Waals surface area contributed by atoms with Gasteiger partial charge in [-0.05, 0) is 31.5 Å². The zero-order chi connectivity index (χ0) is 18.0. The van der Waals surface area contributed by atoms with E-state index >= 15 is 0 Å². The standard InChI is InChI=1S/C18H18Cl2N2O2S/c1-3-6-18(23,11-10-21-7-5-15(11)24-4-2)17-22-14-8-12(19)13(20)9-16(14)25-17/h5,7-10,23H,3-4,6H2,1-2H3. The summed E-state index contributed by atoms with van der Waals surface area (Å²) in [4.78, 5) is 8.80. The number of benzene rings is 1. The van der Waals surface area contributed by atoms with Crippen LogP contribution in [0.5, 0.6) is 5.75 Å². The molecule has 0 spiro atoms. The Balaban J connectivity index is 2.18. The lowest BCUT2D eigenvalue weighted by Crippen LogP contribution is -2.28. The molecule has 0 saturated carbocycles. The van der Waals surface area contributed by atoms with Crippen LogP contribution in [-0.4, -0.2) is 21.7 Å². The molecule has 4 nitrogen and oxygen atoms in total. The predicted octanol–water partition coefficient (Wildman–Crippen LogP) is 5.43. The van der Waals surface area contributed by atoms with Crippen LogP contribution in [0.1, 0.15) is 37.3 Å². The topological polar surface area (TPSA) is 55.2 Å². The van der Waals surface area contributed by atoms with Gasteiger partial charge in [-0.15, -0.1) is 11.3 Å². The molecule has 0 amide bonds. The van der Waals surface area contributed by atoms with Crippen LogP contribution in [-0.2, 0) is 5.60 Å². The van der Waals surface area contributed by atoms with Crippen LogP contribution in [0.2, 0.25) is 10.0 Å². The van der Waals surface area contributed by atoms with Gasteiger partial charge in [-0.1, -0.05) is 36.5 Å². The molecule has 0 aliphatic heterocycles. The molecule has 25 heavy (non-hydrogen) atoms. The summed E-state index contributed by atoms with van der Waals surface area (Å²) in [6.45, 7) is 4.43. The molecular weight excluding hydrogens is 379 g/mol. The Morgan fingerprint density at radius 1 is 1.24 bits per heavy atom. The van der Waals surface area contributed by atoms with E-state index < -0.39 is 5.60 Å². The Morgan fingerprint density at radius 3 is 2.72 bits per heavy atom. The van der Waals surface area contributed by atoms with E-state index in [1.165, 1.54) is 11.3 Å². The minimum Gasteiger partial charge on any atom is -0.493 e. The van der Waals surface area contributed by atoms with Gasteiger partial charge in [0.2, 0.25) is 0 Å². The Hall–Kier alpha value is -1.40. The second kappa shape index (κ2) is 7.46. The number of rotatable bonds is 6. The molecule has 0 saturated heterocycles. The van der Waals surface area contributed by atoms with Gasteiger partial charge < -0.3 is 9.84 Å². The molecule has 1 atom stereocenters. The maximum Gasteiger partial charge on any atom is 0.146 e. The van der Waals surface area contributed by atoms with Gasteiger partial charge in [-0.25, -0.2) is 4.98 Å². The molecule has 0 radical (unpaired) electrons. The van der Waals surface area contributed by atoms with Crippen molar-refractivity contribution in [1.82, 2.24) is 9.97 Å². The molecule has 132 valence electrons. The van der Waals surface area contributed by atoms with Gasteiger partial charge in [-0.3, -0.25) is 4.98 Å². The number of aliphatic hydroxyl groups is 1. The third-order valence-electron chi connectivity index (χ3n) is 3.92. The van der Waals surface area contributed by atoms with Crippen LogP contribution in [0, 0.1) is 0 Å². The number of halogens is 2. The number of pyridine rings is 1. The van der Waals surface area contributed by atoms with E-state index in [1.54, 1.807) is 30.6 Å². The fourth-order valence-corrected chi connectivity index (χ4v) is 4.30. The first-order valence-electron chi connectivity index (χ1n) is 8.05. The van der Waals surface area contributed by atoms with E-state index in [0.717, 1.165) is 11.1 Å². The van der Waals surface area contributed by atoms with Crippen LogP contribution < -0.4 is 4.74 Å². The second-order valence-corrected chi connectivity index (χ2v) is 7.51. The number of ether oxygens (including phenoxy) is 1. The molecule has 1 N–H and O–H groups in total. The normalized spacial score (nSPS) is 13.8. The van der Waals surface area contributed by atoms with Gasteiger partial charge in [0.05, 0.1) is 32.4 Å². The van der Waals surface area contributed by atoms with Crippen molar-refractivity contribution in [2.75, 3.05) is 6.61 Å². The molecule has 0 fully saturated rings. The average Bonchev–Trinajstić information content (AvgIpc) is 2.99. The van der Waals surface area contributed by atoms with Crippen molar-refractivity contribution < 1.29 is 9.84 Å². The number of hydrogen-bond acceptors (Lipinski definition) is 5. The zero-order valence-corrected chi connectivity index (χ0v) is 16.3. The average molecular weight is 397 g/mol. The predicted molar refractivity (Wildman–Crippen MR) is 103 cm³/mol. The van der Waals surface area contributed by atoms with Crippen molar-refractivity contribution in [2.45, 2.75) is 32.3 Å². The summed E-state index contributed by atoms with van der Waals surface area (Å²) >= 11 is 13.6. The highest BCUT2D eigenvalue weighted by molar-refractivity contribution is 7.18. The molecule has 3 rings (SSSR count). The third kappa shape index (κ3) is 3.47. The van der Waals surface area contributed by atoms with Gasteiger partial charge >= 0.3 is 0 Å². The van der Waals surface area contributed by atoms with E-state index in [4.69, 9.17) is 27.9 Å². The van der Waals surface area contributed by atoms with Crippen LogP contribution in [0.4, 0.5) is 0 Å². The maximum atomic E-state index is 11.6. The zero-order valence-electron chi connectivity index (χ0n) is 13.9. The second-order valence-electron chi connectivity index (χ2n) is 5.67. The summed E-state index contributed by atoms with van der Waals surface area (Å²) in [7, 11) is 0. The molecule has 1 unspecified atom stereocenters. The van der Waals surface area contributed by atoms with Crippen LogP contribution in [0.25, 0.3) is 10.2 Å². The summed E-state index contributed by atoms with van der Waals surface area (Å²) in [6.07, 6.45) is 4.57. The van der Waals surface area contributed by atoms with Gasteiger partial charge in [0, 0.05) is 12.4 Å². The molecule has 0 aliphatic rings. The Bertz CT molecular complexity index is 861. The number of nitrogens with zero attached hydrogens (tertiary/aromatic N) is 2. The highest BCUT2D eigenvalue weighted by Crippen LogP contribution is 2.42. The van der Waals surface area contributed by atoms with E-state index in [9.17, 15) is 5.11 Å². The number of aromatic nitrogens is 2. The van der Waals surface area contributed by atoms with Crippen molar-refractivity contribution >= 4 is 44.8 Å². The first kappa shape index (κ1) is 18.4. The SMILES string of the molecule is CCCC(O)(c1nc2cc(Cl)c(Cl)cc2s1)c1cnccc1OCC. The first-order valence-corrected chi connectivity index (χ1v) is 9.62. The van der Waals surface area contributed by atoms with Gasteiger partial charge in [0.25, 0.3) is 0 Å². The van der Waals surface area contributed by atoms with Crippen molar-refractivity contribution in [3.8, 4) is 5.75 Å². The van der Waals surface area contributed by atoms with Gasteiger partial charge in [0.1, 0.15) is 16.4 Å². The molecule has 1 aromatic carbocycles. The molecule has 3 aromatic rings. The van der Waals surface area contributed by atoms with Crippen molar-refractivity contribution in [3.63, 3.8) is 0 Å². The minimum absolute atomic E-state index is 0.446. The van der Waals surface area contributed by atoms with Crippen molar-refractivity contribution in [1.29, 1.82) is 0 Å². The van der Waals surface area contributed by atoms with E-state index in [1.807, 2.05) is 13.8 Å².